The van der Waals surface area contributed by atoms with E-state index in [4.69, 9.17) is 140 Å². The summed E-state index contributed by atoms with van der Waals surface area (Å²) >= 11 is 0. The number of para-hydroxylation sites is 3. The first-order chi connectivity index (χ1) is 35.4. The van der Waals surface area contributed by atoms with Crippen molar-refractivity contribution in [1.82, 2.24) is 9.97 Å². The van der Waals surface area contributed by atoms with E-state index in [-0.39, 0.29) is 121 Å². The third-order valence-corrected chi connectivity index (χ3v) is 13.8. The maximum atomic E-state index is 7.38. The van der Waals surface area contributed by atoms with E-state index in [1.54, 1.807) is 0 Å². The molecular weight excluding hydrogens is 880 g/mol. The lowest BCUT2D eigenvalue weighted by atomic mass is 9.59. The lowest BCUT2D eigenvalue weighted by molar-refractivity contribution is 0.669. The Balaban J connectivity index is 1.20. The third-order valence-electron chi connectivity index (χ3n) is 13.8. The van der Waals surface area contributed by atoms with E-state index in [9.17, 15) is 0 Å². The minimum atomic E-state index is -0.176. The molecule has 2 heterocycles. The Bertz CT molecular complexity index is 4110. The average molecular weight is 899 g/mol. The normalized spacial score (nSPS) is 11.6. The molecule has 20 heteroatoms. The molecule has 0 saturated carbocycles. The molecule has 0 aliphatic heterocycles. The van der Waals surface area contributed by atoms with Crippen molar-refractivity contribution in [2.45, 2.75) is 0 Å². The predicted octanol–water partition coefficient (Wildman–Crippen LogP) is -4.48. The van der Waals surface area contributed by atoms with Gasteiger partial charge in [0.25, 0.3) is 0 Å². The fourth-order valence-electron chi connectivity index (χ4n) is 9.99. The average Bonchev–Trinajstić information content (AvgIpc) is 3.79. The summed E-state index contributed by atoms with van der Waals surface area (Å²) in [6, 6.07) is 37.3. The van der Waals surface area contributed by atoms with Crippen LogP contribution in [0.3, 0.4) is 0 Å². The molecular formula is C54H19B16N3O. The zero-order valence-corrected chi connectivity index (χ0v) is 39.5. The molecule has 11 rings (SSSR count). The van der Waals surface area contributed by atoms with E-state index in [1.807, 2.05) is 109 Å². The summed E-state index contributed by atoms with van der Waals surface area (Å²) in [6.07, 6.45) is 0. The Kier molecular flexibility index (Phi) is 12.4. The van der Waals surface area contributed by atoms with Crippen LogP contribution in [0.4, 0.5) is 17.1 Å². The molecule has 0 aliphatic carbocycles. The van der Waals surface area contributed by atoms with Crippen LogP contribution in [0.25, 0.3) is 88.5 Å². The largest absolute Gasteiger partial charge is 0.456 e. The Hall–Kier alpha value is -6.78. The summed E-state index contributed by atoms with van der Waals surface area (Å²) in [4.78, 5) is 11.6. The summed E-state index contributed by atoms with van der Waals surface area (Å²) in [7, 11) is 108. The maximum Gasteiger partial charge on any atom is 0.136 e. The molecule has 4 nitrogen and oxygen atoms in total. The molecule has 74 heavy (non-hydrogen) atoms. The number of furan rings is 1. The highest BCUT2D eigenvalue weighted by atomic mass is 16.3. The van der Waals surface area contributed by atoms with Gasteiger partial charge in [-0.15, -0.1) is 32.8 Å². The van der Waals surface area contributed by atoms with Crippen molar-refractivity contribution in [3.8, 4) is 44.8 Å². The van der Waals surface area contributed by atoms with Gasteiger partial charge in [0, 0.05) is 39.0 Å². The molecule has 304 valence electrons. The van der Waals surface area contributed by atoms with E-state index in [0.29, 0.717) is 22.4 Å². The predicted molar refractivity (Wildman–Crippen MR) is 327 cm³/mol. The van der Waals surface area contributed by atoms with Gasteiger partial charge in [-0.1, -0.05) is 133 Å². The summed E-state index contributed by atoms with van der Waals surface area (Å²) in [6.45, 7) is 0. The molecule has 0 spiro atoms. The van der Waals surface area contributed by atoms with Crippen molar-refractivity contribution in [3.63, 3.8) is 0 Å². The van der Waals surface area contributed by atoms with Gasteiger partial charge in [0.2, 0.25) is 0 Å². The van der Waals surface area contributed by atoms with Crippen molar-refractivity contribution < 1.29 is 4.42 Å². The van der Waals surface area contributed by atoms with Crippen molar-refractivity contribution in [1.29, 1.82) is 0 Å². The molecule has 0 saturated heterocycles. The number of benzene rings is 9. The first-order valence-electron chi connectivity index (χ1n) is 22.9. The van der Waals surface area contributed by atoms with Gasteiger partial charge in [0.1, 0.15) is 137 Å². The smallest absolute Gasteiger partial charge is 0.136 e. The molecule has 9 aromatic carbocycles. The van der Waals surface area contributed by atoms with Crippen LogP contribution in [0, 0.1) is 0 Å². The first-order valence-corrected chi connectivity index (χ1v) is 22.9. The highest BCUT2D eigenvalue weighted by molar-refractivity contribution is 6.73. The molecule has 32 radical (unpaired) electrons. The van der Waals surface area contributed by atoms with Crippen LogP contribution in [0.5, 0.6) is 0 Å². The minimum Gasteiger partial charge on any atom is -0.456 e. The Morgan fingerprint density at radius 3 is 1.35 bits per heavy atom. The molecule has 2 aromatic heterocycles. The third kappa shape index (κ3) is 7.51. The number of hydrogen-bond acceptors (Lipinski definition) is 4. The van der Waals surface area contributed by atoms with E-state index >= 15 is 0 Å². The van der Waals surface area contributed by atoms with E-state index in [2.05, 4.69) is 6.07 Å². The van der Waals surface area contributed by atoms with Crippen LogP contribution in [-0.4, -0.2) is 136 Å². The van der Waals surface area contributed by atoms with Gasteiger partial charge >= 0.3 is 0 Å². The van der Waals surface area contributed by atoms with Gasteiger partial charge in [-0.25, -0.2) is 9.97 Å². The Labute approximate surface area is 450 Å². The monoisotopic (exact) mass is 901 g/mol. The van der Waals surface area contributed by atoms with Gasteiger partial charge in [0.05, 0.1) is 22.4 Å². The number of anilines is 3. The Morgan fingerprint density at radius 1 is 0.311 bits per heavy atom. The first kappa shape index (κ1) is 49.4. The van der Waals surface area contributed by atoms with Crippen LogP contribution >= 0.6 is 0 Å². The van der Waals surface area contributed by atoms with E-state index < -0.39 is 0 Å². The second kappa shape index (κ2) is 18.6. The number of rotatable bonds is 7. The maximum absolute atomic E-state index is 7.38. The second-order valence-electron chi connectivity index (χ2n) is 18.0. The van der Waals surface area contributed by atoms with Crippen LogP contribution in [0.2, 0.25) is 0 Å². The van der Waals surface area contributed by atoms with Gasteiger partial charge in [0.15, 0.2) is 0 Å². The molecule has 0 bridgehead atoms. The lowest BCUT2D eigenvalue weighted by Crippen LogP contribution is -2.60. The zero-order valence-electron chi connectivity index (χ0n) is 39.5. The fourth-order valence-corrected chi connectivity index (χ4v) is 9.99. The highest BCUT2D eigenvalue weighted by Crippen LogP contribution is 2.41. The quantitative estimate of drug-likeness (QED) is 0.152. The summed E-state index contributed by atoms with van der Waals surface area (Å²) in [5, 5.41) is 1.95. The molecule has 0 atom stereocenters. The number of nitrogens with zero attached hydrogens (tertiary/aromatic N) is 3. The van der Waals surface area contributed by atoms with E-state index in [0.717, 1.165) is 49.8 Å². The molecule has 0 amide bonds. The van der Waals surface area contributed by atoms with Gasteiger partial charge in [-0.05, 0) is 69.4 Å². The van der Waals surface area contributed by atoms with Crippen molar-refractivity contribution in [2.75, 3.05) is 4.90 Å². The van der Waals surface area contributed by atoms with Gasteiger partial charge in [-0.2, -0.15) is 0 Å². The van der Waals surface area contributed by atoms with E-state index in [1.165, 1.54) is 4.90 Å². The zero-order chi connectivity index (χ0) is 52.3. The SMILES string of the molecule is [B]c1c([B])c([B])c(N(c2c([B])c([B])c([B])c([B])c2[B])c2c([B])c([B])c3c([B])c([B])c(-c4cc(-c5cccc(-c6nc7ccccc7nc6-c6ccccc6)c5)c5c(c4)oc4ccccc45)c([B])c3c2[B])c([B])c1[B]. The number of aromatic nitrogens is 2. The van der Waals surface area contributed by atoms with Crippen LogP contribution in [0.1, 0.15) is 0 Å². The number of fused-ring (bicyclic) bond motifs is 5. The summed E-state index contributed by atoms with van der Waals surface area (Å²) < 4.78 is 6.61. The topological polar surface area (TPSA) is 42.2 Å². The molecule has 0 aliphatic rings. The summed E-state index contributed by atoms with van der Waals surface area (Å²) in [5.74, 6) is 0. The lowest BCUT2D eigenvalue weighted by Gasteiger charge is -2.40. The molecule has 0 N–H and O–H groups in total. The molecule has 0 fully saturated rings. The van der Waals surface area contributed by atoms with Crippen LogP contribution in [-0.2, 0) is 0 Å². The van der Waals surface area contributed by atoms with Crippen molar-refractivity contribution in [2.24, 2.45) is 0 Å². The van der Waals surface area contributed by atoms with Crippen molar-refractivity contribution >= 4 is 274 Å². The molecule has 11 aromatic rings. The second-order valence-corrected chi connectivity index (χ2v) is 18.0. The van der Waals surface area contributed by atoms with Gasteiger partial charge in [-0.3, -0.25) is 0 Å². The van der Waals surface area contributed by atoms with Crippen LogP contribution in [0.15, 0.2) is 120 Å². The van der Waals surface area contributed by atoms with Crippen molar-refractivity contribution in [3.05, 3.63) is 115 Å². The Morgan fingerprint density at radius 2 is 0.757 bits per heavy atom. The standard InChI is InChI=1S/C54H19B16N3O/c55-34-30(35(56)36(57)33-32(34)38(59)52(45(66)37(33)58)73(53-46(67)41(62)39(60)42(63)47(53)68)54-48(69)43(64)40(61)44(65)49(54)70)23-18-25(31-24-13-4-7-16-28(24)74-29(31)19-23)21-11-8-12-22(17-21)51-50(20-9-2-1-3-10-20)71-26-14-5-6-15-27(26)72-51/h1-19H. The summed E-state index contributed by atoms with van der Waals surface area (Å²) in [5.41, 5.74) is 6.12. The minimum absolute atomic E-state index is 0.00905. The van der Waals surface area contributed by atoms with Gasteiger partial charge < -0.3 is 9.32 Å². The number of hydrogen-bond donors (Lipinski definition) is 0. The molecule has 0 unspecified atom stereocenters. The van der Waals surface area contributed by atoms with Crippen LogP contribution < -0.4 is 92.3 Å². The fraction of sp³-hybridized carbons (Fsp3) is 0. The highest BCUT2D eigenvalue weighted by Gasteiger charge is 2.29.